The lowest BCUT2D eigenvalue weighted by atomic mass is 9.99. The number of epoxide rings is 1. The molecule has 10 heteroatoms. The van der Waals surface area contributed by atoms with Crippen LogP contribution in [0.2, 0.25) is 0 Å². The first-order chi connectivity index (χ1) is 16.4. The highest BCUT2D eigenvalue weighted by atomic mass is 19.4. The van der Waals surface area contributed by atoms with E-state index in [-0.39, 0.29) is 18.5 Å². The Kier molecular flexibility index (Phi) is 4.87. The van der Waals surface area contributed by atoms with Crippen LogP contribution in [-0.2, 0) is 10.9 Å². The first kappa shape index (κ1) is 21.2. The Labute approximate surface area is 193 Å². The summed E-state index contributed by atoms with van der Waals surface area (Å²) in [4.78, 5) is 13.3. The van der Waals surface area contributed by atoms with E-state index in [1.165, 1.54) is 12.1 Å². The highest BCUT2D eigenvalue weighted by molar-refractivity contribution is 5.76. The monoisotopic (exact) mass is 471 g/mol. The lowest BCUT2D eigenvalue weighted by Gasteiger charge is -2.46. The van der Waals surface area contributed by atoms with Gasteiger partial charge in [-0.3, -0.25) is 0 Å². The maximum Gasteiger partial charge on any atom is 0.416 e. The summed E-state index contributed by atoms with van der Waals surface area (Å²) < 4.78 is 58.8. The van der Waals surface area contributed by atoms with E-state index in [2.05, 4.69) is 20.1 Å². The standard InChI is InChI=1S/C24H21F4N5O/c25-16-6-9-20(29-12-16)31-22-23(34-22)33-17-5-2-10-32(13-17)19-8-7-18(30-21(19)33)14-3-1-4-15(11-14)24(26,27)28/h1,3-4,6-9,11-12,17,22-23H,2,5,10,13H2,(H,29,31)/t17-,22?,23?/m0/s1. The van der Waals surface area contributed by atoms with E-state index < -0.39 is 17.6 Å². The summed E-state index contributed by atoms with van der Waals surface area (Å²) in [6.45, 7) is 1.74. The van der Waals surface area contributed by atoms with Gasteiger partial charge < -0.3 is 19.9 Å². The highest BCUT2D eigenvalue weighted by Gasteiger charge is 2.50. The van der Waals surface area contributed by atoms with Gasteiger partial charge in [0.15, 0.2) is 18.3 Å². The van der Waals surface area contributed by atoms with Crippen molar-refractivity contribution in [3.63, 3.8) is 0 Å². The van der Waals surface area contributed by atoms with Gasteiger partial charge in [0.1, 0.15) is 11.6 Å². The van der Waals surface area contributed by atoms with Crippen LogP contribution < -0.4 is 15.1 Å². The Balaban J connectivity index is 1.33. The number of rotatable bonds is 4. The van der Waals surface area contributed by atoms with E-state index in [0.29, 0.717) is 22.9 Å². The van der Waals surface area contributed by atoms with Crippen LogP contribution in [0.25, 0.3) is 11.3 Å². The van der Waals surface area contributed by atoms with Crippen LogP contribution in [0.15, 0.2) is 54.7 Å². The second-order valence-electron chi connectivity index (χ2n) is 8.72. The number of benzene rings is 1. The summed E-state index contributed by atoms with van der Waals surface area (Å²) in [5, 5.41) is 3.16. The van der Waals surface area contributed by atoms with Crippen molar-refractivity contribution in [3.05, 3.63) is 66.1 Å². The Morgan fingerprint density at radius 2 is 1.97 bits per heavy atom. The van der Waals surface area contributed by atoms with E-state index >= 15 is 0 Å². The summed E-state index contributed by atoms with van der Waals surface area (Å²) in [5.41, 5.74) is 1.12. The van der Waals surface area contributed by atoms with Crippen molar-refractivity contribution in [2.24, 2.45) is 0 Å². The Hall–Kier alpha value is -3.40. The minimum absolute atomic E-state index is 0.170. The molecule has 6 rings (SSSR count). The summed E-state index contributed by atoms with van der Waals surface area (Å²) in [6.07, 6.45) is -1.95. The summed E-state index contributed by atoms with van der Waals surface area (Å²) in [6, 6.07) is 12.0. The number of ether oxygens (including phenoxy) is 1. The molecule has 2 unspecified atom stereocenters. The second kappa shape index (κ2) is 7.83. The van der Waals surface area contributed by atoms with Crippen LogP contribution in [0.3, 0.4) is 0 Å². The molecular weight excluding hydrogens is 450 g/mol. The minimum Gasteiger partial charge on any atom is -0.366 e. The summed E-state index contributed by atoms with van der Waals surface area (Å²) in [5.74, 6) is 0.784. The molecule has 5 heterocycles. The Morgan fingerprint density at radius 3 is 2.76 bits per heavy atom. The number of halogens is 4. The molecule has 2 aromatic heterocycles. The predicted molar refractivity (Wildman–Crippen MR) is 119 cm³/mol. The van der Waals surface area contributed by atoms with Gasteiger partial charge in [0, 0.05) is 18.7 Å². The molecule has 6 nitrogen and oxygen atoms in total. The zero-order valence-corrected chi connectivity index (χ0v) is 18.0. The number of fused-ring (bicyclic) bond motifs is 4. The third-order valence-electron chi connectivity index (χ3n) is 6.48. The topological polar surface area (TPSA) is 56.8 Å². The second-order valence-corrected chi connectivity index (χ2v) is 8.72. The number of aromatic nitrogens is 2. The molecule has 1 N–H and O–H groups in total. The molecule has 0 amide bonds. The van der Waals surface area contributed by atoms with Crippen LogP contribution in [0, 0.1) is 5.82 Å². The molecular formula is C24H21F4N5O. The molecule has 1 aromatic carbocycles. The van der Waals surface area contributed by atoms with Crippen molar-refractivity contribution in [2.45, 2.75) is 37.5 Å². The molecule has 176 valence electrons. The fourth-order valence-electron chi connectivity index (χ4n) is 4.82. The number of alkyl halides is 3. The number of piperidine rings is 1. The number of hydrogen-bond acceptors (Lipinski definition) is 6. The van der Waals surface area contributed by atoms with Gasteiger partial charge in [-0.15, -0.1) is 0 Å². The molecule has 34 heavy (non-hydrogen) atoms. The molecule has 0 aliphatic carbocycles. The first-order valence-electron chi connectivity index (χ1n) is 11.1. The fourth-order valence-corrected chi connectivity index (χ4v) is 4.82. The molecule has 2 fully saturated rings. The Bertz CT molecular complexity index is 1220. The van der Waals surface area contributed by atoms with Gasteiger partial charge in [-0.05, 0) is 49.2 Å². The van der Waals surface area contributed by atoms with Crippen LogP contribution in [-0.4, -0.2) is 41.6 Å². The molecule has 0 saturated carbocycles. The molecule has 3 aromatic rings. The summed E-state index contributed by atoms with van der Waals surface area (Å²) in [7, 11) is 0. The van der Waals surface area contributed by atoms with Gasteiger partial charge in [0.05, 0.1) is 29.2 Å². The normalized spacial score (nSPS) is 23.5. The third kappa shape index (κ3) is 3.81. The molecule has 2 saturated heterocycles. The van der Waals surface area contributed by atoms with Crippen LogP contribution in [0.4, 0.5) is 34.9 Å². The Morgan fingerprint density at radius 1 is 1.09 bits per heavy atom. The van der Waals surface area contributed by atoms with Gasteiger partial charge in [-0.2, -0.15) is 13.2 Å². The minimum atomic E-state index is -4.42. The van der Waals surface area contributed by atoms with Crippen molar-refractivity contribution in [2.75, 3.05) is 28.2 Å². The maximum atomic E-state index is 13.2. The van der Waals surface area contributed by atoms with E-state index in [1.54, 1.807) is 18.2 Å². The van der Waals surface area contributed by atoms with Crippen molar-refractivity contribution in [1.82, 2.24) is 9.97 Å². The molecule has 3 atom stereocenters. The van der Waals surface area contributed by atoms with E-state index in [4.69, 9.17) is 9.72 Å². The van der Waals surface area contributed by atoms with Crippen molar-refractivity contribution in [1.29, 1.82) is 0 Å². The summed E-state index contributed by atoms with van der Waals surface area (Å²) >= 11 is 0. The maximum absolute atomic E-state index is 13.2. The van der Waals surface area contributed by atoms with E-state index in [9.17, 15) is 17.6 Å². The number of hydrogen-bond donors (Lipinski definition) is 1. The molecule has 3 aliphatic heterocycles. The first-order valence-corrected chi connectivity index (χ1v) is 11.1. The predicted octanol–water partition coefficient (Wildman–Crippen LogP) is 4.88. The zero-order valence-electron chi connectivity index (χ0n) is 18.0. The molecule has 2 bridgehead atoms. The van der Waals surface area contributed by atoms with Crippen molar-refractivity contribution in [3.8, 4) is 11.3 Å². The number of pyridine rings is 2. The van der Waals surface area contributed by atoms with Gasteiger partial charge in [0.2, 0.25) is 0 Å². The number of anilines is 3. The van der Waals surface area contributed by atoms with E-state index in [1.807, 2.05) is 6.07 Å². The molecule has 0 radical (unpaired) electrons. The average molecular weight is 471 g/mol. The molecule has 0 spiro atoms. The van der Waals surface area contributed by atoms with Gasteiger partial charge >= 0.3 is 6.18 Å². The number of nitrogens with zero attached hydrogens (tertiary/aromatic N) is 4. The van der Waals surface area contributed by atoms with Crippen molar-refractivity contribution >= 4 is 17.3 Å². The largest absolute Gasteiger partial charge is 0.416 e. The van der Waals surface area contributed by atoms with Crippen LogP contribution >= 0.6 is 0 Å². The van der Waals surface area contributed by atoms with Gasteiger partial charge in [-0.25, -0.2) is 14.4 Å². The van der Waals surface area contributed by atoms with E-state index in [0.717, 1.165) is 49.9 Å². The highest BCUT2D eigenvalue weighted by Crippen LogP contribution is 2.44. The SMILES string of the molecule is Fc1ccc(NC2OC2N2c3nc(-c4cccc(C(F)(F)F)c4)ccc3N3CCC[C@H]2C3)nc1. The quantitative estimate of drug-likeness (QED) is 0.432. The average Bonchev–Trinajstić information content (AvgIpc) is 3.58. The van der Waals surface area contributed by atoms with Crippen LogP contribution in [0.5, 0.6) is 0 Å². The van der Waals surface area contributed by atoms with Crippen LogP contribution in [0.1, 0.15) is 18.4 Å². The fraction of sp³-hybridized carbons (Fsp3) is 0.333. The zero-order chi connectivity index (χ0) is 23.4. The van der Waals surface area contributed by atoms with Gasteiger partial charge in [0.25, 0.3) is 0 Å². The van der Waals surface area contributed by atoms with Crippen molar-refractivity contribution < 1.29 is 22.3 Å². The smallest absolute Gasteiger partial charge is 0.366 e. The molecule has 3 aliphatic rings. The lowest BCUT2D eigenvalue weighted by molar-refractivity contribution is -0.137. The number of nitrogens with one attached hydrogen (secondary N) is 1. The third-order valence-corrected chi connectivity index (χ3v) is 6.48. The van der Waals surface area contributed by atoms with Gasteiger partial charge in [-0.1, -0.05) is 12.1 Å². The lowest BCUT2D eigenvalue weighted by Crippen LogP contribution is -2.54.